The van der Waals surface area contributed by atoms with Gasteiger partial charge in [-0.1, -0.05) is 25.8 Å². The monoisotopic (exact) mass is 192 g/mol. The highest BCUT2D eigenvalue weighted by Crippen LogP contribution is 2.17. The molecule has 0 spiro atoms. The van der Waals surface area contributed by atoms with Crippen molar-refractivity contribution < 1.29 is 9.90 Å². The van der Waals surface area contributed by atoms with Gasteiger partial charge in [-0.25, -0.2) is 0 Å². The minimum absolute atomic E-state index is 0.159. The Balaban J connectivity index is 2.70. The second-order valence-corrected chi connectivity index (χ2v) is 3.46. The maximum atomic E-state index is 10.7. The number of benzene rings is 1. The zero-order valence-corrected chi connectivity index (χ0v) is 8.49. The highest BCUT2D eigenvalue weighted by atomic mass is 16.3. The van der Waals surface area contributed by atoms with Crippen LogP contribution in [0.2, 0.25) is 0 Å². The van der Waals surface area contributed by atoms with Crippen LogP contribution in [0.15, 0.2) is 18.2 Å². The van der Waals surface area contributed by atoms with Crippen LogP contribution in [0.3, 0.4) is 0 Å². The Morgan fingerprint density at radius 3 is 2.79 bits per heavy atom. The number of carbonyl (C=O) groups excluding carboxylic acids is 1. The van der Waals surface area contributed by atoms with E-state index in [0.717, 1.165) is 24.7 Å². The van der Waals surface area contributed by atoms with Crippen LogP contribution in [0.4, 0.5) is 0 Å². The average molecular weight is 192 g/mol. The number of phenols is 1. The van der Waals surface area contributed by atoms with Gasteiger partial charge in [-0.05, 0) is 30.5 Å². The van der Waals surface area contributed by atoms with Gasteiger partial charge in [0.2, 0.25) is 0 Å². The summed E-state index contributed by atoms with van der Waals surface area (Å²) < 4.78 is 0. The summed E-state index contributed by atoms with van der Waals surface area (Å²) in [5.74, 6) is 0.159. The molecule has 0 bridgehead atoms. The predicted molar refractivity (Wildman–Crippen MR) is 56.7 cm³/mol. The molecule has 1 aromatic rings. The molecule has 0 radical (unpaired) electrons. The molecular weight excluding hydrogens is 176 g/mol. The van der Waals surface area contributed by atoms with E-state index >= 15 is 0 Å². The van der Waals surface area contributed by atoms with E-state index in [1.165, 1.54) is 18.9 Å². The van der Waals surface area contributed by atoms with Crippen molar-refractivity contribution in [3.63, 3.8) is 0 Å². The number of rotatable bonds is 5. The lowest BCUT2D eigenvalue weighted by atomic mass is 10.0. The summed E-state index contributed by atoms with van der Waals surface area (Å²) >= 11 is 0. The molecule has 2 heteroatoms. The van der Waals surface area contributed by atoms with Crippen molar-refractivity contribution in [1.29, 1.82) is 0 Å². The number of aromatic hydroxyl groups is 1. The fraction of sp³-hybridized carbons (Fsp3) is 0.417. The van der Waals surface area contributed by atoms with Crippen molar-refractivity contribution in [2.75, 3.05) is 0 Å². The van der Waals surface area contributed by atoms with Crippen LogP contribution in [0.5, 0.6) is 5.75 Å². The standard InChI is InChI=1S/C12H16O2/c1-2-3-4-5-10-6-7-12(14)8-11(10)9-13/h6-9,14H,2-5H2,1H3. The molecule has 0 saturated heterocycles. The number of aryl methyl sites for hydroxylation is 1. The highest BCUT2D eigenvalue weighted by molar-refractivity contribution is 5.78. The first-order valence-corrected chi connectivity index (χ1v) is 5.05. The van der Waals surface area contributed by atoms with Crippen LogP contribution < -0.4 is 0 Å². The molecule has 14 heavy (non-hydrogen) atoms. The Bertz CT molecular complexity index is 305. The first-order chi connectivity index (χ1) is 6.77. The fourth-order valence-corrected chi connectivity index (χ4v) is 1.49. The first-order valence-electron chi connectivity index (χ1n) is 5.05. The number of aldehydes is 1. The molecule has 1 rings (SSSR count). The molecule has 0 aliphatic heterocycles. The number of phenolic OH excluding ortho intramolecular Hbond substituents is 1. The van der Waals surface area contributed by atoms with E-state index in [4.69, 9.17) is 0 Å². The maximum absolute atomic E-state index is 10.7. The van der Waals surface area contributed by atoms with E-state index in [0.29, 0.717) is 5.56 Å². The number of unbranched alkanes of at least 4 members (excludes halogenated alkanes) is 2. The van der Waals surface area contributed by atoms with Crippen molar-refractivity contribution in [3.8, 4) is 5.75 Å². The summed E-state index contributed by atoms with van der Waals surface area (Å²) in [6.45, 7) is 2.15. The predicted octanol–water partition coefficient (Wildman–Crippen LogP) is 2.94. The van der Waals surface area contributed by atoms with Crippen LogP contribution in [0.25, 0.3) is 0 Å². The van der Waals surface area contributed by atoms with Gasteiger partial charge in [0.15, 0.2) is 0 Å². The Hall–Kier alpha value is -1.31. The molecule has 0 aliphatic carbocycles. The van der Waals surface area contributed by atoms with Crippen LogP contribution in [0, 0.1) is 0 Å². The molecule has 0 amide bonds. The topological polar surface area (TPSA) is 37.3 Å². The minimum atomic E-state index is 0.159. The zero-order valence-electron chi connectivity index (χ0n) is 8.49. The summed E-state index contributed by atoms with van der Waals surface area (Å²) in [5.41, 5.74) is 1.65. The Morgan fingerprint density at radius 1 is 1.36 bits per heavy atom. The van der Waals surface area contributed by atoms with Gasteiger partial charge in [-0.3, -0.25) is 4.79 Å². The van der Waals surface area contributed by atoms with Crippen LogP contribution >= 0.6 is 0 Å². The Labute approximate surface area is 84.6 Å². The molecule has 76 valence electrons. The number of hydrogen-bond acceptors (Lipinski definition) is 2. The molecule has 0 unspecified atom stereocenters. The van der Waals surface area contributed by atoms with Crippen molar-refractivity contribution in [2.45, 2.75) is 32.6 Å². The van der Waals surface area contributed by atoms with Gasteiger partial charge in [-0.2, -0.15) is 0 Å². The van der Waals surface area contributed by atoms with E-state index in [2.05, 4.69) is 6.92 Å². The van der Waals surface area contributed by atoms with Crippen molar-refractivity contribution in [1.82, 2.24) is 0 Å². The van der Waals surface area contributed by atoms with E-state index in [1.54, 1.807) is 6.07 Å². The van der Waals surface area contributed by atoms with Crippen molar-refractivity contribution in [2.24, 2.45) is 0 Å². The fourth-order valence-electron chi connectivity index (χ4n) is 1.49. The summed E-state index contributed by atoms with van der Waals surface area (Å²) in [6.07, 6.45) is 5.18. The molecular formula is C12H16O2. The molecule has 2 nitrogen and oxygen atoms in total. The Kier molecular flexibility index (Phi) is 4.17. The van der Waals surface area contributed by atoms with Gasteiger partial charge in [0.1, 0.15) is 12.0 Å². The van der Waals surface area contributed by atoms with E-state index < -0.39 is 0 Å². The molecule has 0 heterocycles. The third-order valence-corrected chi connectivity index (χ3v) is 2.31. The van der Waals surface area contributed by atoms with E-state index in [-0.39, 0.29) is 5.75 Å². The average Bonchev–Trinajstić information content (AvgIpc) is 2.20. The van der Waals surface area contributed by atoms with E-state index in [9.17, 15) is 9.90 Å². The van der Waals surface area contributed by atoms with Crippen molar-refractivity contribution >= 4 is 6.29 Å². The molecule has 0 fully saturated rings. The van der Waals surface area contributed by atoms with Gasteiger partial charge < -0.3 is 5.11 Å². The van der Waals surface area contributed by atoms with Gasteiger partial charge >= 0.3 is 0 Å². The van der Waals surface area contributed by atoms with Crippen LogP contribution in [-0.4, -0.2) is 11.4 Å². The summed E-state index contributed by atoms with van der Waals surface area (Å²) in [7, 11) is 0. The summed E-state index contributed by atoms with van der Waals surface area (Å²) in [6, 6.07) is 4.98. The first kappa shape index (κ1) is 10.8. The summed E-state index contributed by atoms with van der Waals surface area (Å²) in [5, 5.41) is 9.18. The number of hydrogen-bond donors (Lipinski definition) is 1. The van der Waals surface area contributed by atoms with Crippen LogP contribution in [-0.2, 0) is 6.42 Å². The Morgan fingerprint density at radius 2 is 2.14 bits per heavy atom. The molecule has 0 saturated carbocycles. The zero-order chi connectivity index (χ0) is 10.4. The molecule has 0 atom stereocenters. The molecule has 0 aliphatic rings. The molecule has 1 N–H and O–H groups in total. The SMILES string of the molecule is CCCCCc1ccc(O)cc1C=O. The smallest absolute Gasteiger partial charge is 0.150 e. The largest absolute Gasteiger partial charge is 0.508 e. The normalized spacial score (nSPS) is 10.1. The molecule has 0 aromatic heterocycles. The third-order valence-electron chi connectivity index (χ3n) is 2.31. The van der Waals surface area contributed by atoms with Gasteiger partial charge in [-0.15, -0.1) is 0 Å². The lowest BCUT2D eigenvalue weighted by Crippen LogP contribution is -1.92. The summed E-state index contributed by atoms with van der Waals surface area (Å²) in [4.78, 5) is 10.7. The second kappa shape index (κ2) is 5.43. The lowest BCUT2D eigenvalue weighted by molar-refractivity contribution is 0.112. The second-order valence-electron chi connectivity index (χ2n) is 3.46. The lowest BCUT2D eigenvalue weighted by Gasteiger charge is -2.04. The minimum Gasteiger partial charge on any atom is -0.508 e. The van der Waals surface area contributed by atoms with Gasteiger partial charge in [0, 0.05) is 5.56 Å². The number of carbonyl (C=O) groups is 1. The highest BCUT2D eigenvalue weighted by Gasteiger charge is 2.02. The molecule has 1 aromatic carbocycles. The maximum Gasteiger partial charge on any atom is 0.150 e. The quantitative estimate of drug-likeness (QED) is 0.575. The third kappa shape index (κ3) is 2.87. The van der Waals surface area contributed by atoms with E-state index in [1.807, 2.05) is 6.07 Å². The van der Waals surface area contributed by atoms with Gasteiger partial charge in [0.05, 0.1) is 0 Å². The van der Waals surface area contributed by atoms with Crippen molar-refractivity contribution in [3.05, 3.63) is 29.3 Å². The van der Waals surface area contributed by atoms with Crippen LogP contribution in [0.1, 0.15) is 42.1 Å². The van der Waals surface area contributed by atoms with Gasteiger partial charge in [0.25, 0.3) is 0 Å².